The van der Waals surface area contributed by atoms with Crippen LogP contribution < -0.4 is 10.9 Å². The Hall–Kier alpha value is -3.38. The summed E-state index contributed by atoms with van der Waals surface area (Å²) >= 11 is 5.99. The number of carbonyl (C=O) groups is 2. The average Bonchev–Trinajstić information content (AvgIpc) is 2.71. The van der Waals surface area contributed by atoms with Crippen molar-refractivity contribution in [2.24, 2.45) is 0 Å². The molecule has 148 valence electrons. The Bertz CT molecular complexity index is 1110. The molecule has 0 aliphatic rings. The number of aromatic nitrogens is 1. The van der Waals surface area contributed by atoms with E-state index in [9.17, 15) is 14.4 Å². The molecule has 2 aromatic carbocycles. The van der Waals surface area contributed by atoms with Gasteiger partial charge in [-0.15, -0.1) is 0 Å². The van der Waals surface area contributed by atoms with Crippen molar-refractivity contribution in [1.29, 1.82) is 0 Å². The van der Waals surface area contributed by atoms with Crippen LogP contribution in [-0.4, -0.2) is 23.5 Å². The van der Waals surface area contributed by atoms with Gasteiger partial charge in [0.15, 0.2) is 0 Å². The number of aryl methyl sites for hydroxylation is 1. The summed E-state index contributed by atoms with van der Waals surface area (Å²) in [6.45, 7) is 3.47. The lowest BCUT2D eigenvalue weighted by Crippen LogP contribution is -2.24. The van der Waals surface area contributed by atoms with Crippen molar-refractivity contribution in [1.82, 2.24) is 4.98 Å². The van der Waals surface area contributed by atoms with Gasteiger partial charge in [-0.1, -0.05) is 41.9 Å². The van der Waals surface area contributed by atoms with E-state index in [4.69, 9.17) is 16.3 Å². The zero-order valence-corrected chi connectivity index (χ0v) is 16.7. The van der Waals surface area contributed by atoms with Crippen molar-refractivity contribution in [3.63, 3.8) is 0 Å². The van der Waals surface area contributed by atoms with Crippen molar-refractivity contribution < 1.29 is 14.3 Å². The van der Waals surface area contributed by atoms with Gasteiger partial charge in [0.05, 0.1) is 12.2 Å². The minimum Gasteiger partial charge on any atom is -0.462 e. The van der Waals surface area contributed by atoms with E-state index in [2.05, 4.69) is 10.3 Å². The zero-order chi connectivity index (χ0) is 21.0. The zero-order valence-electron chi connectivity index (χ0n) is 15.9. The number of ether oxygens (including phenoxy) is 1. The standard InChI is InChI=1S/C22H19ClN2O4/c1-3-29-22(28)17-13(2)24-21(27)19(18(17)14-9-11-16(23)12-10-14)25-20(26)15-7-5-4-6-8-15/h4-12H,3H2,1-2H3,(H,24,27)(H,25,26). The lowest BCUT2D eigenvalue weighted by atomic mass is 9.97. The molecular formula is C22H19ClN2O4. The van der Waals surface area contributed by atoms with Gasteiger partial charge >= 0.3 is 5.97 Å². The number of hydrogen-bond donors (Lipinski definition) is 2. The molecule has 0 unspecified atom stereocenters. The topological polar surface area (TPSA) is 88.3 Å². The van der Waals surface area contributed by atoms with Gasteiger partial charge in [-0.2, -0.15) is 0 Å². The molecule has 0 saturated carbocycles. The second-order valence-corrected chi connectivity index (χ2v) is 6.69. The van der Waals surface area contributed by atoms with Gasteiger partial charge in [-0.25, -0.2) is 4.79 Å². The molecule has 0 saturated heterocycles. The summed E-state index contributed by atoms with van der Waals surface area (Å²) in [5.74, 6) is -1.06. The van der Waals surface area contributed by atoms with E-state index in [1.807, 2.05) is 0 Å². The minimum absolute atomic E-state index is 0.0326. The van der Waals surface area contributed by atoms with E-state index in [1.54, 1.807) is 68.4 Å². The second-order valence-electron chi connectivity index (χ2n) is 6.25. The van der Waals surface area contributed by atoms with Crippen LogP contribution in [0.3, 0.4) is 0 Å². The maximum absolute atomic E-state index is 12.8. The molecule has 29 heavy (non-hydrogen) atoms. The summed E-state index contributed by atoms with van der Waals surface area (Å²) in [6, 6.07) is 15.1. The minimum atomic E-state index is -0.596. The van der Waals surface area contributed by atoms with Crippen LogP contribution in [0.15, 0.2) is 59.4 Å². The lowest BCUT2D eigenvalue weighted by molar-refractivity contribution is 0.0525. The van der Waals surface area contributed by atoms with Crippen LogP contribution in [0.25, 0.3) is 11.1 Å². The van der Waals surface area contributed by atoms with E-state index in [0.29, 0.717) is 21.8 Å². The monoisotopic (exact) mass is 410 g/mol. The molecule has 0 radical (unpaired) electrons. The molecule has 0 aliphatic heterocycles. The van der Waals surface area contributed by atoms with Crippen LogP contribution in [-0.2, 0) is 4.74 Å². The van der Waals surface area contributed by atoms with E-state index in [1.165, 1.54) is 0 Å². The molecule has 0 spiro atoms. The summed E-state index contributed by atoms with van der Waals surface area (Å²) in [4.78, 5) is 40.7. The van der Waals surface area contributed by atoms with Crippen LogP contribution in [0.5, 0.6) is 0 Å². The number of nitrogens with one attached hydrogen (secondary N) is 2. The van der Waals surface area contributed by atoms with E-state index in [0.717, 1.165) is 0 Å². The highest BCUT2D eigenvalue weighted by Crippen LogP contribution is 2.32. The Morgan fingerprint density at radius 2 is 1.72 bits per heavy atom. The normalized spacial score (nSPS) is 10.4. The average molecular weight is 411 g/mol. The van der Waals surface area contributed by atoms with Crippen molar-refractivity contribution in [2.75, 3.05) is 11.9 Å². The van der Waals surface area contributed by atoms with Crippen LogP contribution in [0.4, 0.5) is 5.69 Å². The van der Waals surface area contributed by atoms with Crippen molar-refractivity contribution in [2.45, 2.75) is 13.8 Å². The summed E-state index contributed by atoms with van der Waals surface area (Å²) < 4.78 is 5.18. The summed E-state index contributed by atoms with van der Waals surface area (Å²) in [5, 5.41) is 3.15. The van der Waals surface area contributed by atoms with Gasteiger partial charge < -0.3 is 15.0 Å². The van der Waals surface area contributed by atoms with Crippen molar-refractivity contribution in [3.05, 3.63) is 86.8 Å². The predicted octanol–water partition coefficient (Wildman–Crippen LogP) is 4.43. The summed E-state index contributed by atoms with van der Waals surface area (Å²) in [6.07, 6.45) is 0. The highest BCUT2D eigenvalue weighted by molar-refractivity contribution is 6.30. The molecule has 0 atom stereocenters. The number of H-pyrrole nitrogens is 1. The number of esters is 1. The number of hydrogen-bond acceptors (Lipinski definition) is 4. The smallest absolute Gasteiger partial charge is 0.340 e. The number of aromatic amines is 1. The first kappa shape index (κ1) is 20.4. The Morgan fingerprint density at radius 3 is 2.34 bits per heavy atom. The number of rotatable bonds is 5. The van der Waals surface area contributed by atoms with Crippen LogP contribution in [0.1, 0.15) is 33.3 Å². The Labute approximate surface area is 172 Å². The third kappa shape index (κ3) is 4.38. The molecule has 0 aliphatic carbocycles. The molecule has 6 nitrogen and oxygen atoms in total. The molecule has 1 amide bonds. The summed E-state index contributed by atoms with van der Waals surface area (Å²) in [5.41, 5.74) is 1.18. The molecule has 7 heteroatoms. The first-order valence-electron chi connectivity index (χ1n) is 8.98. The molecule has 0 fully saturated rings. The lowest BCUT2D eigenvalue weighted by Gasteiger charge is -2.17. The molecular weight excluding hydrogens is 392 g/mol. The number of halogens is 1. The van der Waals surface area contributed by atoms with Gasteiger partial charge in [0, 0.05) is 21.8 Å². The third-order valence-corrected chi connectivity index (χ3v) is 4.54. The predicted molar refractivity (Wildman–Crippen MR) is 113 cm³/mol. The fraction of sp³-hybridized carbons (Fsp3) is 0.136. The molecule has 3 rings (SSSR count). The fourth-order valence-electron chi connectivity index (χ4n) is 2.98. The van der Waals surface area contributed by atoms with Gasteiger partial charge in [-0.3, -0.25) is 9.59 Å². The highest BCUT2D eigenvalue weighted by atomic mass is 35.5. The number of benzene rings is 2. The summed E-state index contributed by atoms with van der Waals surface area (Å²) in [7, 11) is 0. The second kappa shape index (κ2) is 8.75. The Balaban J connectivity index is 2.22. The SMILES string of the molecule is CCOC(=O)c1c(C)[nH]c(=O)c(NC(=O)c2ccccc2)c1-c1ccc(Cl)cc1. The highest BCUT2D eigenvalue weighted by Gasteiger charge is 2.24. The van der Waals surface area contributed by atoms with E-state index in [-0.39, 0.29) is 23.4 Å². The number of amides is 1. The van der Waals surface area contributed by atoms with Crippen LogP contribution in [0.2, 0.25) is 5.02 Å². The maximum Gasteiger partial charge on any atom is 0.340 e. The molecule has 1 heterocycles. The Morgan fingerprint density at radius 1 is 1.07 bits per heavy atom. The molecule has 0 bridgehead atoms. The van der Waals surface area contributed by atoms with E-state index >= 15 is 0 Å². The molecule has 2 N–H and O–H groups in total. The number of anilines is 1. The maximum atomic E-state index is 12.8. The first-order valence-corrected chi connectivity index (χ1v) is 9.36. The van der Waals surface area contributed by atoms with Crippen molar-refractivity contribution >= 4 is 29.2 Å². The van der Waals surface area contributed by atoms with Crippen LogP contribution >= 0.6 is 11.6 Å². The third-order valence-electron chi connectivity index (χ3n) is 4.29. The van der Waals surface area contributed by atoms with E-state index < -0.39 is 17.4 Å². The Kier molecular flexibility index (Phi) is 6.14. The first-order chi connectivity index (χ1) is 13.9. The molecule has 1 aromatic heterocycles. The fourth-order valence-corrected chi connectivity index (χ4v) is 3.11. The molecule has 3 aromatic rings. The largest absolute Gasteiger partial charge is 0.462 e. The van der Waals surface area contributed by atoms with Gasteiger partial charge in [0.2, 0.25) is 0 Å². The van der Waals surface area contributed by atoms with Gasteiger partial charge in [-0.05, 0) is 43.7 Å². The number of pyridine rings is 1. The van der Waals surface area contributed by atoms with Crippen molar-refractivity contribution in [3.8, 4) is 11.1 Å². The quantitative estimate of drug-likeness (QED) is 0.609. The van der Waals surface area contributed by atoms with Crippen LogP contribution in [0, 0.1) is 6.92 Å². The number of carbonyl (C=O) groups excluding carboxylic acids is 2. The van der Waals surface area contributed by atoms with Gasteiger partial charge in [0.25, 0.3) is 11.5 Å². The van der Waals surface area contributed by atoms with Gasteiger partial charge in [0.1, 0.15) is 5.69 Å².